The van der Waals surface area contributed by atoms with Gasteiger partial charge in [-0.15, -0.1) is 4.91 Å². The fourth-order valence-corrected chi connectivity index (χ4v) is 8.45. The van der Waals surface area contributed by atoms with Crippen molar-refractivity contribution in [2.45, 2.75) is 49.3 Å². The Balaban J connectivity index is 1.64. The third-order valence-corrected chi connectivity index (χ3v) is 11.8. The van der Waals surface area contributed by atoms with Crippen LogP contribution in [0.1, 0.15) is 39.5 Å². The number of fused-ring (bicyclic) bond motifs is 2. The van der Waals surface area contributed by atoms with E-state index in [4.69, 9.17) is 0 Å². The Morgan fingerprint density at radius 2 is 1.18 bits per heavy atom. The number of rotatable bonds is 6. The van der Waals surface area contributed by atoms with E-state index in [-0.39, 0.29) is 26.6 Å². The van der Waals surface area contributed by atoms with Crippen molar-refractivity contribution >= 4 is 53.0 Å². The number of nitroso groups, excluding NO2 is 1. The SMILES string of the molecule is CC1CCN(S(=O)(=O)c2ccc3c(NO)c4cc(S(=O)(=O)N5CCC(C)CC5)ccc4c(N=O)c3c2)CC1. The van der Waals surface area contributed by atoms with Crippen molar-refractivity contribution in [2.24, 2.45) is 17.0 Å². The van der Waals surface area contributed by atoms with E-state index in [0.717, 1.165) is 25.7 Å². The van der Waals surface area contributed by atoms with Crippen LogP contribution in [-0.2, 0) is 20.0 Å². The van der Waals surface area contributed by atoms with Gasteiger partial charge in [0.1, 0.15) is 5.69 Å². The van der Waals surface area contributed by atoms with E-state index in [0.29, 0.717) is 54.2 Å². The zero-order chi connectivity index (χ0) is 27.2. The average Bonchev–Trinajstić information content (AvgIpc) is 2.91. The van der Waals surface area contributed by atoms with E-state index in [1.54, 1.807) is 0 Å². The molecule has 2 saturated heterocycles. The molecule has 0 unspecified atom stereocenters. The van der Waals surface area contributed by atoms with Gasteiger partial charge >= 0.3 is 0 Å². The number of piperidine rings is 2. The van der Waals surface area contributed by atoms with Crippen LogP contribution < -0.4 is 5.48 Å². The lowest BCUT2D eigenvalue weighted by Crippen LogP contribution is -2.37. The summed E-state index contributed by atoms with van der Waals surface area (Å²) in [5, 5.41) is 14.5. The molecule has 0 aromatic heterocycles. The van der Waals surface area contributed by atoms with E-state index in [1.165, 1.54) is 45.0 Å². The third kappa shape index (κ3) is 4.58. The third-order valence-electron chi connectivity index (χ3n) is 7.99. The first kappa shape index (κ1) is 26.9. The molecule has 2 N–H and O–H groups in total. The summed E-state index contributed by atoms with van der Waals surface area (Å²) in [4.78, 5) is 12.2. The molecule has 3 aromatic carbocycles. The summed E-state index contributed by atoms with van der Waals surface area (Å²) in [7, 11) is -7.58. The van der Waals surface area contributed by atoms with E-state index < -0.39 is 20.0 Å². The Morgan fingerprint density at radius 3 is 1.63 bits per heavy atom. The number of hydrogen-bond donors (Lipinski definition) is 2. The molecule has 2 aliphatic heterocycles. The minimum atomic E-state index is -3.80. The smallest absolute Gasteiger partial charge is 0.243 e. The molecule has 38 heavy (non-hydrogen) atoms. The van der Waals surface area contributed by atoms with Crippen LogP contribution in [0.15, 0.2) is 51.4 Å². The van der Waals surface area contributed by atoms with Gasteiger partial charge in [0.05, 0.1) is 15.5 Å². The molecular weight excluding hydrogens is 528 g/mol. The maximum atomic E-state index is 13.4. The van der Waals surface area contributed by atoms with Crippen LogP contribution in [0.2, 0.25) is 0 Å². The van der Waals surface area contributed by atoms with Crippen LogP contribution in [-0.4, -0.2) is 56.8 Å². The number of anilines is 1. The Hall–Kier alpha value is -2.64. The summed E-state index contributed by atoms with van der Waals surface area (Å²) < 4.78 is 56.4. The largest absolute Gasteiger partial charge is 0.291 e. The van der Waals surface area contributed by atoms with Crippen LogP contribution in [0, 0.1) is 16.7 Å². The summed E-state index contributed by atoms with van der Waals surface area (Å²) in [6, 6.07) is 8.68. The molecule has 0 radical (unpaired) electrons. The van der Waals surface area contributed by atoms with Gasteiger partial charge in [-0.25, -0.2) is 16.8 Å². The Labute approximate surface area is 222 Å². The summed E-state index contributed by atoms with van der Waals surface area (Å²) >= 11 is 0. The summed E-state index contributed by atoms with van der Waals surface area (Å²) in [6.07, 6.45) is 3.11. The maximum absolute atomic E-state index is 13.4. The second-order valence-corrected chi connectivity index (χ2v) is 14.4. The predicted octanol–water partition coefficient (Wildman–Crippen LogP) is 5.03. The zero-order valence-electron chi connectivity index (χ0n) is 21.4. The lowest BCUT2D eigenvalue weighted by molar-refractivity contribution is 0.287. The lowest BCUT2D eigenvalue weighted by Gasteiger charge is -2.29. The van der Waals surface area contributed by atoms with E-state index >= 15 is 0 Å². The van der Waals surface area contributed by atoms with Crippen LogP contribution in [0.25, 0.3) is 21.5 Å². The fourth-order valence-electron chi connectivity index (χ4n) is 5.45. The van der Waals surface area contributed by atoms with Crippen molar-refractivity contribution in [3.05, 3.63) is 41.3 Å². The van der Waals surface area contributed by atoms with E-state index in [1.807, 2.05) is 0 Å². The van der Waals surface area contributed by atoms with Gasteiger partial charge in [0.25, 0.3) is 0 Å². The first-order chi connectivity index (χ1) is 18.1. The Bertz CT molecular complexity index is 1610. The predicted molar refractivity (Wildman–Crippen MR) is 147 cm³/mol. The van der Waals surface area contributed by atoms with Gasteiger partial charge in [-0.3, -0.25) is 10.7 Å². The highest BCUT2D eigenvalue weighted by Crippen LogP contribution is 2.43. The Kier molecular flexibility index (Phi) is 7.20. The van der Waals surface area contributed by atoms with E-state index in [9.17, 15) is 26.9 Å². The molecule has 2 fully saturated rings. The van der Waals surface area contributed by atoms with Crippen LogP contribution in [0.5, 0.6) is 0 Å². The maximum Gasteiger partial charge on any atom is 0.243 e. The number of hydrogen-bond acceptors (Lipinski definition) is 8. The van der Waals surface area contributed by atoms with E-state index in [2.05, 4.69) is 24.5 Å². The van der Waals surface area contributed by atoms with Crippen molar-refractivity contribution in [2.75, 3.05) is 31.7 Å². The molecule has 10 nitrogen and oxygen atoms in total. The second-order valence-electron chi connectivity index (χ2n) is 10.5. The van der Waals surface area contributed by atoms with Crippen molar-refractivity contribution in [1.82, 2.24) is 8.61 Å². The number of nitrogens with zero attached hydrogens (tertiary/aromatic N) is 3. The molecule has 0 aliphatic carbocycles. The molecule has 0 bridgehead atoms. The van der Waals surface area contributed by atoms with Crippen molar-refractivity contribution in [3.63, 3.8) is 0 Å². The van der Waals surface area contributed by atoms with Crippen molar-refractivity contribution in [3.8, 4) is 0 Å². The fraction of sp³-hybridized carbons (Fsp3) is 0.462. The lowest BCUT2D eigenvalue weighted by atomic mass is 9.99. The first-order valence-electron chi connectivity index (χ1n) is 12.8. The quantitative estimate of drug-likeness (QED) is 0.245. The second kappa shape index (κ2) is 10.2. The normalized spacial score (nSPS) is 19.2. The molecule has 3 aromatic rings. The number of benzene rings is 3. The minimum Gasteiger partial charge on any atom is -0.291 e. The number of nitrogens with one attached hydrogen (secondary N) is 1. The van der Waals surface area contributed by atoms with Crippen LogP contribution in [0.4, 0.5) is 11.4 Å². The highest BCUT2D eigenvalue weighted by molar-refractivity contribution is 7.89. The minimum absolute atomic E-state index is 0.0194. The molecule has 0 amide bonds. The standard InChI is InChI=1S/C26H32N4O6S2/c1-17-7-11-29(12-8-17)37(33,34)19-3-5-21-23(15-19)25(27-31)22-6-4-20(16-24(22)26(21)28-32)38(35,36)30-13-9-18(2)10-14-30/h3-6,15-18,27,31H,7-14H2,1-2H3. The average molecular weight is 561 g/mol. The molecule has 0 atom stereocenters. The topological polar surface area (TPSA) is 136 Å². The summed E-state index contributed by atoms with van der Waals surface area (Å²) in [5.74, 6) is 0.920. The van der Waals surface area contributed by atoms with Crippen LogP contribution in [0.3, 0.4) is 0 Å². The van der Waals surface area contributed by atoms with Crippen LogP contribution >= 0.6 is 0 Å². The van der Waals surface area contributed by atoms with Gasteiger partial charge < -0.3 is 0 Å². The molecule has 0 saturated carbocycles. The first-order valence-corrected chi connectivity index (χ1v) is 15.7. The zero-order valence-corrected chi connectivity index (χ0v) is 23.1. The van der Waals surface area contributed by atoms with Crippen molar-refractivity contribution < 1.29 is 22.0 Å². The Morgan fingerprint density at radius 1 is 0.737 bits per heavy atom. The molecule has 2 aliphatic rings. The molecule has 5 rings (SSSR count). The molecular formula is C26H32N4O6S2. The van der Waals surface area contributed by atoms with Gasteiger partial charge in [-0.1, -0.05) is 26.0 Å². The highest BCUT2D eigenvalue weighted by atomic mass is 32.2. The monoisotopic (exact) mass is 560 g/mol. The number of sulfonamides is 2. The van der Waals surface area contributed by atoms with Gasteiger partial charge in [0.15, 0.2) is 0 Å². The molecule has 2 heterocycles. The van der Waals surface area contributed by atoms with Gasteiger partial charge in [0, 0.05) is 47.7 Å². The summed E-state index contributed by atoms with van der Waals surface area (Å²) in [5.41, 5.74) is 2.29. The van der Waals surface area contributed by atoms with Gasteiger partial charge in [-0.2, -0.15) is 8.61 Å². The van der Waals surface area contributed by atoms with Gasteiger partial charge in [-0.05, 0) is 67.0 Å². The highest BCUT2D eigenvalue weighted by Gasteiger charge is 2.31. The molecule has 204 valence electrons. The summed E-state index contributed by atoms with van der Waals surface area (Å²) in [6.45, 7) is 5.91. The van der Waals surface area contributed by atoms with Crippen molar-refractivity contribution in [1.29, 1.82) is 0 Å². The molecule has 12 heteroatoms. The molecule has 0 spiro atoms. The van der Waals surface area contributed by atoms with Gasteiger partial charge in [0.2, 0.25) is 20.0 Å².